The Morgan fingerprint density at radius 3 is 2.43 bits per heavy atom. The third-order valence-corrected chi connectivity index (χ3v) is 5.31. The summed E-state index contributed by atoms with van der Waals surface area (Å²) in [6, 6.07) is 0.323. The van der Waals surface area contributed by atoms with Crippen molar-refractivity contribution < 1.29 is 41.7 Å². The van der Waals surface area contributed by atoms with Crippen molar-refractivity contribution in [3.63, 3.8) is 0 Å². The topological polar surface area (TPSA) is 105 Å². The number of carbonyl (C=O) groups excluding carboxylic acids is 2. The molecule has 1 N–H and O–H groups in total. The van der Waals surface area contributed by atoms with Crippen molar-refractivity contribution in [2.75, 3.05) is 20.8 Å². The zero-order chi connectivity index (χ0) is 25.9. The Balaban J connectivity index is 2.06. The molecule has 0 aliphatic carbocycles. The van der Waals surface area contributed by atoms with Crippen LogP contribution in [0.15, 0.2) is 23.1 Å². The highest BCUT2D eigenvalue weighted by Gasteiger charge is 2.36. The Hall–Kier alpha value is -3.38. The number of benzene rings is 1. The van der Waals surface area contributed by atoms with Crippen LogP contribution in [0, 0.1) is 17.5 Å². The molecule has 35 heavy (non-hydrogen) atoms. The summed E-state index contributed by atoms with van der Waals surface area (Å²) >= 11 is 0. The van der Waals surface area contributed by atoms with Gasteiger partial charge in [0.05, 0.1) is 25.9 Å². The first-order chi connectivity index (χ1) is 16.6. The van der Waals surface area contributed by atoms with Crippen LogP contribution < -0.4 is 15.5 Å². The summed E-state index contributed by atoms with van der Waals surface area (Å²) in [5, 5.41) is 2.24. The lowest BCUT2D eigenvalue weighted by atomic mass is 10.1. The van der Waals surface area contributed by atoms with Gasteiger partial charge >= 0.3 is 5.97 Å². The minimum atomic E-state index is -1.20. The first kappa shape index (κ1) is 26.2. The van der Waals surface area contributed by atoms with E-state index in [-0.39, 0.29) is 12.3 Å². The van der Waals surface area contributed by atoms with E-state index in [1.807, 2.05) is 0 Å². The molecule has 0 radical (unpaired) electrons. The van der Waals surface area contributed by atoms with Gasteiger partial charge < -0.3 is 28.8 Å². The second-order valence-corrected chi connectivity index (χ2v) is 7.98. The number of rotatable bonds is 8. The van der Waals surface area contributed by atoms with Crippen LogP contribution in [0.4, 0.5) is 13.2 Å². The Kier molecular flexibility index (Phi) is 8.18. The number of nitrogens with zero attached hydrogens (tertiary/aromatic N) is 1. The van der Waals surface area contributed by atoms with E-state index in [9.17, 15) is 27.6 Å². The molecule has 0 bridgehead atoms. The Labute approximate surface area is 198 Å². The van der Waals surface area contributed by atoms with Crippen LogP contribution in [0.2, 0.25) is 0 Å². The fraction of sp³-hybridized carbons (Fsp3) is 0.435. The maximum Gasteiger partial charge on any atom is 0.359 e. The summed E-state index contributed by atoms with van der Waals surface area (Å²) in [5.41, 5.74) is -2.23. The molecular weight excluding hydrogens is 473 g/mol. The van der Waals surface area contributed by atoms with E-state index >= 15 is 0 Å². The minimum absolute atomic E-state index is 0.240. The number of ether oxygens (including phenoxy) is 4. The van der Waals surface area contributed by atoms with Crippen molar-refractivity contribution in [2.24, 2.45) is 0 Å². The van der Waals surface area contributed by atoms with Crippen molar-refractivity contribution in [2.45, 2.75) is 45.2 Å². The summed E-state index contributed by atoms with van der Waals surface area (Å²) in [6.45, 7) is 2.86. The lowest BCUT2D eigenvalue weighted by Gasteiger charge is -2.25. The fourth-order valence-electron chi connectivity index (χ4n) is 3.74. The van der Waals surface area contributed by atoms with Gasteiger partial charge in [0, 0.05) is 37.5 Å². The van der Waals surface area contributed by atoms with Gasteiger partial charge in [-0.3, -0.25) is 9.59 Å². The lowest BCUT2D eigenvalue weighted by molar-refractivity contribution is -0.106. The number of pyridine rings is 1. The molecule has 1 aromatic carbocycles. The highest BCUT2D eigenvalue weighted by atomic mass is 19.1. The second kappa shape index (κ2) is 10.9. The molecule has 2 heterocycles. The monoisotopic (exact) mass is 498 g/mol. The summed E-state index contributed by atoms with van der Waals surface area (Å²) in [5.74, 6) is -5.83. The maximum absolute atomic E-state index is 14.0. The van der Waals surface area contributed by atoms with Crippen LogP contribution in [0.5, 0.6) is 5.75 Å². The Morgan fingerprint density at radius 1 is 1.20 bits per heavy atom. The number of nitrogens with one attached hydrogen (secondary N) is 1. The molecule has 1 aliphatic rings. The van der Waals surface area contributed by atoms with Gasteiger partial charge in [-0.1, -0.05) is 0 Å². The van der Waals surface area contributed by atoms with Gasteiger partial charge in [-0.25, -0.2) is 18.0 Å². The van der Waals surface area contributed by atoms with E-state index in [1.54, 1.807) is 13.8 Å². The molecule has 9 nitrogen and oxygen atoms in total. The number of methoxy groups -OCH3 is 2. The van der Waals surface area contributed by atoms with Crippen LogP contribution in [-0.4, -0.2) is 49.7 Å². The highest BCUT2D eigenvalue weighted by Crippen LogP contribution is 2.31. The molecule has 0 spiro atoms. The molecule has 1 aliphatic heterocycles. The standard InChI is InChI=1S/C23H25F3N2O7/c1-11(2)35-22(31)18-20(32-3)19(29)14(10-28(18)17-5-6-34-23(17)33-4)21(30)27-9-13-15(25)7-12(24)8-16(13)26/h7-8,10-11,17,23H,5-6,9H2,1-4H3,(H,27,30). The van der Waals surface area contributed by atoms with Crippen molar-refractivity contribution in [1.82, 2.24) is 9.88 Å². The molecule has 1 aromatic heterocycles. The van der Waals surface area contributed by atoms with Gasteiger partial charge in [0.1, 0.15) is 23.0 Å². The van der Waals surface area contributed by atoms with Crippen LogP contribution >= 0.6 is 0 Å². The third kappa shape index (κ3) is 5.49. The normalized spacial score (nSPS) is 17.5. The molecule has 1 saturated heterocycles. The van der Waals surface area contributed by atoms with Crippen molar-refractivity contribution >= 4 is 11.9 Å². The predicted molar refractivity (Wildman–Crippen MR) is 116 cm³/mol. The lowest BCUT2D eigenvalue weighted by Crippen LogP contribution is -2.35. The van der Waals surface area contributed by atoms with E-state index in [0.29, 0.717) is 18.6 Å². The number of aromatic nitrogens is 1. The molecule has 0 saturated carbocycles. The first-order valence-electron chi connectivity index (χ1n) is 10.7. The van der Waals surface area contributed by atoms with Gasteiger partial charge in [0.15, 0.2) is 17.7 Å². The van der Waals surface area contributed by atoms with Gasteiger partial charge in [-0.2, -0.15) is 0 Å². The van der Waals surface area contributed by atoms with Crippen LogP contribution in [0.3, 0.4) is 0 Å². The molecular formula is C23H25F3N2O7. The zero-order valence-corrected chi connectivity index (χ0v) is 19.5. The summed E-state index contributed by atoms with van der Waals surface area (Å²) in [7, 11) is 2.55. The Morgan fingerprint density at radius 2 is 1.86 bits per heavy atom. The average Bonchev–Trinajstić information content (AvgIpc) is 3.26. The van der Waals surface area contributed by atoms with E-state index < -0.39 is 76.6 Å². The highest BCUT2D eigenvalue weighted by molar-refractivity contribution is 5.97. The van der Waals surface area contributed by atoms with Gasteiger partial charge in [-0.05, 0) is 20.3 Å². The molecule has 2 atom stereocenters. The number of amides is 1. The van der Waals surface area contributed by atoms with Gasteiger partial charge in [0.2, 0.25) is 5.43 Å². The maximum atomic E-state index is 14.0. The van der Waals surface area contributed by atoms with Gasteiger partial charge in [0.25, 0.3) is 5.91 Å². The summed E-state index contributed by atoms with van der Waals surface area (Å²) in [4.78, 5) is 38.9. The fourth-order valence-corrected chi connectivity index (χ4v) is 3.74. The number of halogens is 3. The first-order valence-corrected chi connectivity index (χ1v) is 10.7. The molecule has 2 aromatic rings. The number of esters is 1. The minimum Gasteiger partial charge on any atom is -0.491 e. The smallest absolute Gasteiger partial charge is 0.359 e. The van der Waals surface area contributed by atoms with Crippen molar-refractivity contribution in [3.8, 4) is 5.75 Å². The average molecular weight is 498 g/mol. The molecule has 12 heteroatoms. The van der Waals surface area contributed by atoms with Gasteiger partial charge in [-0.15, -0.1) is 0 Å². The quantitative estimate of drug-likeness (QED) is 0.558. The SMILES string of the molecule is COc1c(C(=O)OC(C)C)n(C2CCOC2OC)cc(C(=O)NCc2c(F)cc(F)cc2F)c1=O. The van der Waals surface area contributed by atoms with E-state index in [0.717, 1.165) is 13.3 Å². The van der Waals surface area contributed by atoms with Crippen molar-refractivity contribution in [1.29, 1.82) is 0 Å². The van der Waals surface area contributed by atoms with Crippen molar-refractivity contribution in [3.05, 3.63) is 62.8 Å². The van der Waals surface area contributed by atoms with E-state index in [2.05, 4.69) is 5.32 Å². The largest absolute Gasteiger partial charge is 0.491 e. The van der Waals surface area contributed by atoms with E-state index in [4.69, 9.17) is 18.9 Å². The number of hydrogen-bond acceptors (Lipinski definition) is 7. The second-order valence-electron chi connectivity index (χ2n) is 7.98. The molecule has 2 unspecified atom stereocenters. The molecule has 190 valence electrons. The van der Waals surface area contributed by atoms with Crippen LogP contribution in [0.25, 0.3) is 0 Å². The molecule has 3 rings (SSSR count). The Bertz CT molecular complexity index is 1160. The van der Waals surface area contributed by atoms with Crippen LogP contribution in [0.1, 0.15) is 52.7 Å². The number of hydrogen-bond donors (Lipinski definition) is 1. The molecule has 1 amide bonds. The third-order valence-electron chi connectivity index (χ3n) is 5.31. The summed E-state index contributed by atoms with van der Waals surface area (Å²) in [6.07, 6.45) is 0.183. The predicted octanol–water partition coefficient (Wildman–Crippen LogP) is 2.70. The zero-order valence-electron chi connectivity index (χ0n) is 19.5. The summed E-state index contributed by atoms with van der Waals surface area (Å²) < 4.78 is 63.7. The molecule has 1 fully saturated rings. The number of carbonyl (C=O) groups is 2. The van der Waals surface area contributed by atoms with Crippen LogP contribution in [-0.2, 0) is 20.8 Å². The van der Waals surface area contributed by atoms with E-state index in [1.165, 1.54) is 11.7 Å².